The number of aliphatic hydroxyl groups is 1. The third kappa shape index (κ3) is 6.10. The van der Waals surface area contributed by atoms with E-state index in [-0.39, 0.29) is 16.5 Å². The number of benzene rings is 3. The number of nitrogens with zero attached hydrogens (tertiary/aromatic N) is 3. The van der Waals surface area contributed by atoms with E-state index in [1.165, 1.54) is 28.0 Å². The molecule has 2 heterocycles. The third-order valence-electron chi connectivity index (χ3n) is 6.11. The number of hydrogen-bond acceptors (Lipinski definition) is 8. The monoisotopic (exact) mass is 655 g/mol. The number of aliphatic hydroxyl groups excluding tert-OH is 1. The number of ether oxygens (including phenoxy) is 1. The molecule has 0 radical (unpaired) electrons. The Bertz CT molecular complexity index is 1560. The zero-order valence-corrected chi connectivity index (χ0v) is 25.2. The topological polar surface area (TPSA) is 92.6 Å². The Labute approximate surface area is 253 Å². The molecule has 0 spiro atoms. The molecule has 1 fully saturated rings. The maximum atomic E-state index is 13.4. The Morgan fingerprint density at radius 1 is 1.05 bits per heavy atom. The normalized spacial score (nSPS) is 16.5. The van der Waals surface area contributed by atoms with Gasteiger partial charge in [-0.15, -0.1) is 10.2 Å². The van der Waals surface area contributed by atoms with Crippen LogP contribution in [0.2, 0.25) is 5.02 Å². The van der Waals surface area contributed by atoms with Crippen molar-refractivity contribution in [2.45, 2.75) is 29.5 Å². The summed E-state index contributed by atoms with van der Waals surface area (Å²) in [7, 11) is 0. The van der Waals surface area contributed by atoms with E-state index in [4.69, 9.17) is 16.3 Å². The highest BCUT2D eigenvalue weighted by molar-refractivity contribution is 9.10. The molecule has 1 saturated heterocycles. The van der Waals surface area contributed by atoms with Crippen LogP contribution in [0.5, 0.6) is 5.75 Å². The minimum absolute atomic E-state index is 0.0138. The molecule has 1 N–H and O–H groups in total. The zero-order valence-electron chi connectivity index (χ0n) is 21.2. The van der Waals surface area contributed by atoms with Gasteiger partial charge in [0.15, 0.2) is 4.34 Å². The van der Waals surface area contributed by atoms with E-state index in [0.717, 1.165) is 16.5 Å². The predicted molar refractivity (Wildman–Crippen MR) is 162 cm³/mol. The summed E-state index contributed by atoms with van der Waals surface area (Å²) in [5.41, 5.74) is 2.10. The standard InChI is InChI=1S/C29H23BrClN3O4S2/c1-2-15-38-22-13-7-18(8-14-22)24-23(25(35)19-5-9-20(30)10-6-19)26(36)27(37)34(24)28-32-33-29(40-28)39-16-17-3-11-21(31)12-4-17/h3-14,24,35H,2,15-16H2,1H3/b25-23-. The van der Waals surface area contributed by atoms with Gasteiger partial charge >= 0.3 is 5.91 Å². The summed E-state index contributed by atoms with van der Waals surface area (Å²) in [6, 6.07) is 20.7. The molecule has 1 amide bonds. The summed E-state index contributed by atoms with van der Waals surface area (Å²) < 4.78 is 7.17. The second-order valence-electron chi connectivity index (χ2n) is 8.86. The minimum atomic E-state index is -0.897. The number of amides is 1. The molecular weight excluding hydrogens is 634 g/mol. The molecule has 1 aliphatic heterocycles. The molecule has 204 valence electrons. The lowest BCUT2D eigenvalue weighted by molar-refractivity contribution is -0.132. The maximum absolute atomic E-state index is 13.4. The van der Waals surface area contributed by atoms with Crippen LogP contribution in [0.4, 0.5) is 5.13 Å². The highest BCUT2D eigenvalue weighted by Crippen LogP contribution is 2.44. The SMILES string of the molecule is CCCOc1ccc(C2/C(=C(/O)c3ccc(Br)cc3)C(=O)C(=O)N2c2nnc(SCc3ccc(Cl)cc3)s2)cc1. The maximum Gasteiger partial charge on any atom is 0.301 e. The molecule has 5 rings (SSSR count). The Hall–Kier alpha value is -3.18. The summed E-state index contributed by atoms with van der Waals surface area (Å²) in [6.07, 6.45) is 0.866. The number of thioether (sulfide) groups is 1. The smallest absolute Gasteiger partial charge is 0.301 e. The molecule has 1 aliphatic rings. The van der Waals surface area contributed by atoms with Crippen LogP contribution in [0, 0.1) is 0 Å². The fourth-order valence-electron chi connectivity index (χ4n) is 4.16. The number of hydrogen-bond donors (Lipinski definition) is 1. The molecule has 11 heteroatoms. The highest BCUT2D eigenvalue weighted by atomic mass is 79.9. The van der Waals surface area contributed by atoms with Crippen LogP contribution in [-0.4, -0.2) is 33.6 Å². The molecular formula is C29H23BrClN3O4S2. The second kappa shape index (κ2) is 12.6. The van der Waals surface area contributed by atoms with Crippen molar-refractivity contribution >= 4 is 73.2 Å². The van der Waals surface area contributed by atoms with Crippen molar-refractivity contribution in [3.63, 3.8) is 0 Å². The first-order chi connectivity index (χ1) is 19.4. The Balaban J connectivity index is 1.51. The lowest BCUT2D eigenvalue weighted by Crippen LogP contribution is -2.29. The van der Waals surface area contributed by atoms with Crippen LogP contribution in [0.3, 0.4) is 0 Å². The molecule has 4 aromatic rings. The molecule has 7 nitrogen and oxygen atoms in total. The Morgan fingerprint density at radius 3 is 2.42 bits per heavy atom. The molecule has 0 aliphatic carbocycles. The van der Waals surface area contributed by atoms with Crippen molar-refractivity contribution in [1.82, 2.24) is 10.2 Å². The van der Waals surface area contributed by atoms with Crippen molar-refractivity contribution in [3.8, 4) is 5.75 Å². The van der Waals surface area contributed by atoms with Gasteiger partial charge in [-0.25, -0.2) is 0 Å². The van der Waals surface area contributed by atoms with Gasteiger partial charge in [-0.3, -0.25) is 14.5 Å². The number of Topliss-reactive ketones (excluding diaryl/α,β-unsaturated/α-hetero) is 1. The van der Waals surface area contributed by atoms with E-state index in [1.54, 1.807) is 48.5 Å². The first-order valence-electron chi connectivity index (χ1n) is 12.4. The lowest BCUT2D eigenvalue weighted by Gasteiger charge is -2.22. The molecule has 0 bridgehead atoms. The first-order valence-corrected chi connectivity index (χ1v) is 15.3. The van der Waals surface area contributed by atoms with Gasteiger partial charge in [-0.2, -0.15) is 0 Å². The summed E-state index contributed by atoms with van der Waals surface area (Å²) in [5.74, 6) is -0.516. The van der Waals surface area contributed by atoms with Crippen molar-refractivity contribution in [2.24, 2.45) is 0 Å². The van der Waals surface area contributed by atoms with Crippen molar-refractivity contribution in [2.75, 3.05) is 11.5 Å². The molecule has 40 heavy (non-hydrogen) atoms. The van der Waals surface area contributed by atoms with Gasteiger partial charge in [0.05, 0.1) is 18.2 Å². The number of carbonyl (C=O) groups excluding carboxylic acids is 2. The van der Waals surface area contributed by atoms with Crippen LogP contribution in [0.15, 0.2) is 87.2 Å². The quantitative estimate of drug-likeness (QED) is 0.0650. The van der Waals surface area contributed by atoms with E-state index < -0.39 is 17.7 Å². The number of rotatable bonds is 9. The lowest BCUT2D eigenvalue weighted by atomic mass is 9.95. The van der Waals surface area contributed by atoms with Gasteiger partial charge in [0, 0.05) is 20.8 Å². The van der Waals surface area contributed by atoms with Gasteiger partial charge < -0.3 is 9.84 Å². The first kappa shape index (κ1) is 28.4. The third-order valence-corrected chi connectivity index (χ3v) is 9.02. The zero-order chi connectivity index (χ0) is 28.2. The number of ketones is 1. The van der Waals surface area contributed by atoms with Crippen LogP contribution in [0.25, 0.3) is 5.76 Å². The number of aromatic nitrogens is 2. The van der Waals surface area contributed by atoms with E-state index >= 15 is 0 Å². The summed E-state index contributed by atoms with van der Waals surface area (Å²) in [6.45, 7) is 2.59. The van der Waals surface area contributed by atoms with Crippen LogP contribution in [-0.2, 0) is 15.3 Å². The number of carbonyl (C=O) groups is 2. The number of halogens is 2. The van der Waals surface area contributed by atoms with E-state index in [0.29, 0.717) is 38.6 Å². The van der Waals surface area contributed by atoms with Crippen molar-refractivity contribution in [3.05, 3.63) is 105 Å². The fourth-order valence-corrected chi connectivity index (χ4v) is 6.37. The van der Waals surface area contributed by atoms with Crippen LogP contribution in [0.1, 0.15) is 36.1 Å². The van der Waals surface area contributed by atoms with Crippen molar-refractivity contribution in [1.29, 1.82) is 0 Å². The predicted octanol–water partition coefficient (Wildman–Crippen LogP) is 7.66. The molecule has 1 aromatic heterocycles. The van der Waals surface area contributed by atoms with Crippen LogP contribution >= 0.6 is 50.6 Å². The average molecular weight is 657 g/mol. The van der Waals surface area contributed by atoms with E-state index in [1.807, 2.05) is 31.2 Å². The van der Waals surface area contributed by atoms with Gasteiger partial charge in [-0.05, 0) is 53.9 Å². The van der Waals surface area contributed by atoms with E-state index in [2.05, 4.69) is 26.1 Å². The average Bonchev–Trinajstić information content (AvgIpc) is 3.54. The summed E-state index contributed by atoms with van der Waals surface area (Å²) >= 11 is 12.1. The number of anilines is 1. The van der Waals surface area contributed by atoms with Gasteiger partial charge in [0.25, 0.3) is 5.78 Å². The highest BCUT2D eigenvalue weighted by Gasteiger charge is 2.48. The molecule has 1 atom stereocenters. The Morgan fingerprint density at radius 2 is 1.75 bits per heavy atom. The van der Waals surface area contributed by atoms with E-state index in [9.17, 15) is 14.7 Å². The second-order valence-corrected chi connectivity index (χ2v) is 12.4. The fraction of sp³-hybridized carbons (Fsp3) is 0.172. The molecule has 3 aromatic carbocycles. The summed E-state index contributed by atoms with van der Waals surface area (Å²) in [5, 5.41) is 20.8. The van der Waals surface area contributed by atoms with Gasteiger partial charge in [0.1, 0.15) is 11.5 Å². The van der Waals surface area contributed by atoms with Gasteiger partial charge in [0.2, 0.25) is 5.13 Å². The summed E-state index contributed by atoms with van der Waals surface area (Å²) in [4.78, 5) is 28.2. The minimum Gasteiger partial charge on any atom is -0.507 e. The van der Waals surface area contributed by atoms with Crippen molar-refractivity contribution < 1.29 is 19.4 Å². The molecule has 1 unspecified atom stereocenters. The molecule has 0 saturated carbocycles. The van der Waals surface area contributed by atoms with Crippen LogP contribution < -0.4 is 9.64 Å². The largest absolute Gasteiger partial charge is 0.507 e. The Kier molecular flexibility index (Phi) is 8.90. The van der Waals surface area contributed by atoms with Gasteiger partial charge in [-0.1, -0.05) is 94.0 Å².